The highest BCUT2D eigenvalue weighted by molar-refractivity contribution is 7.89. The van der Waals surface area contributed by atoms with Crippen molar-refractivity contribution in [3.8, 4) is 0 Å². The lowest BCUT2D eigenvalue weighted by Gasteiger charge is -2.15. The van der Waals surface area contributed by atoms with Gasteiger partial charge in [0.2, 0.25) is 5.95 Å². The van der Waals surface area contributed by atoms with E-state index in [0.717, 1.165) is 37.8 Å². The number of fused-ring (bicyclic) bond motifs is 2. The zero-order valence-electron chi connectivity index (χ0n) is 15.9. The minimum Gasteiger partial charge on any atom is -0.324 e. The molecular weight excluding hydrogens is 362 g/mol. The van der Waals surface area contributed by atoms with Crippen LogP contribution >= 0.6 is 0 Å². The van der Waals surface area contributed by atoms with Gasteiger partial charge in [0.25, 0.3) is 15.2 Å². The van der Waals surface area contributed by atoms with E-state index in [9.17, 15) is 8.42 Å². The van der Waals surface area contributed by atoms with Crippen LogP contribution < -0.4 is 10.0 Å². The van der Waals surface area contributed by atoms with Gasteiger partial charge < -0.3 is 5.32 Å². The summed E-state index contributed by atoms with van der Waals surface area (Å²) in [6, 6.07) is 2.37. The second-order valence-electron chi connectivity index (χ2n) is 7.91. The van der Waals surface area contributed by atoms with Crippen LogP contribution in [0.25, 0.3) is 0 Å². The number of sulfonamides is 1. The lowest BCUT2D eigenvalue weighted by atomic mass is 9.99. The zero-order chi connectivity index (χ0) is 19.0. The van der Waals surface area contributed by atoms with Gasteiger partial charge >= 0.3 is 0 Å². The van der Waals surface area contributed by atoms with E-state index in [1.807, 2.05) is 0 Å². The van der Waals surface area contributed by atoms with Gasteiger partial charge in [0.1, 0.15) is 0 Å². The quantitative estimate of drug-likeness (QED) is 0.676. The average molecular weight is 390 g/mol. The van der Waals surface area contributed by atoms with E-state index in [-0.39, 0.29) is 5.16 Å². The van der Waals surface area contributed by atoms with E-state index in [1.54, 1.807) is 0 Å². The second kappa shape index (κ2) is 7.24. The first-order chi connectivity index (χ1) is 12.9. The minimum atomic E-state index is -3.69. The summed E-state index contributed by atoms with van der Waals surface area (Å²) in [5.74, 6) is 0.813. The Morgan fingerprint density at radius 2 is 1.78 bits per heavy atom. The fourth-order valence-electron chi connectivity index (χ4n) is 4.05. The molecule has 0 unspecified atom stereocenters. The van der Waals surface area contributed by atoms with E-state index in [2.05, 4.69) is 45.1 Å². The van der Waals surface area contributed by atoms with Crippen molar-refractivity contribution >= 4 is 21.7 Å². The number of nitrogens with one attached hydrogen (secondary N) is 3. The molecule has 2 aromatic rings. The summed E-state index contributed by atoms with van der Waals surface area (Å²) in [5.41, 5.74) is 6.66. The van der Waals surface area contributed by atoms with Crippen LogP contribution in [0.5, 0.6) is 0 Å². The molecular formula is C19H27N5O2S. The summed E-state index contributed by atoms with van der Waals surface area (Å²) in [4.78, 5) is 4.20. The molecule has 3 N–H and O–H groups in total. The molecule has 4 rings (SSSR count). The molecule has 7 nitrogen and oxygen atoms in total. The van der Waals surface area contributed by atoms with E-state index in [0.29, 0.717) is 18.4 Å². The Labute approximate surface area is 160 Å². The maximum absolute atomic E-state index is 12.4. The van der Waals surface area contributed by atoms with Crippen molar-refractivity contribution in [3.63, 3.8) is 0 Å². The number of nitrogens with zero attached hydrogens (tertiary/aromatic N) is 2. The number of rotatable bonds is 7. The summed E-state index contributed by atoms with van der Waals surface area (Å²) in [6.45, 7) is 4.50. The molecule has 0 aliphatic heterocycles. The van der Waals surface area contributed by atoms with Gasteiger partial charge in [-0.1, -0.05) is 19.9 Å². The van der Waals surface area contributed by atoms with Gasteiger partial charge in [0, 0.05) is 12.2 Å². The van der Waals surface area contributed by atoms with Crippen LogP contribution in [-0.4, -0.2) is 30.1 Å². The topological polar surface area (TPSA) is 99.8 Å². The minimum absolute atomic E-state index is 0.210. The Bertz CT molecular complexity index is 917. The SMILES string of the molecule is CC(C)CCNS(=O)(=O)c1n[nH]c(Nc2c3c(cc4c2CCC4)CCC3)n1. The summed E-state index contributed by atoms with van der Waals surface area (Å²) < 4.78 is 27.3. The maximum Gasteiger partial charge on any atom is 0.283 e. The molecule has 27 heavy (non-hydrogen) atoms. The molecule has 1 heterocycles. The van der Waals surface area contributed by atoms with Gasteiger partial charge in [-0.15, -0.1) is 5.10 Å². The van der Waals surface area contributed by atoms with Crippen molar-refractivity contribution in [2.45, 2.75) is 63.9 Å². The van der Waals surface area contributed by atoms with Crippen LogP contribution in [0.1, 0.15) is 55.4 Å². The fraction of sp³-hybridized carbons (Fsp3) is 0.579. The number of hydrogen-bond acceptors (Lipinski definition) is 5. The highest BCUT2D eigenvalue weighted by atomic mass is 32.2. The van der Waals surface area contributed by atoms with E-state index < -0.39 is 10.0 Å². The van der Waals surface area contributed by atoms with Crippen molar-refractivity contribution in [1.82, 2.24) is 19.9 Å². The van der Waals surface area contributed by atoms with Crippen molar-refractivity contribution in [3.05, 3.63) is 28.3 Å². The molecule has 0 amide bonds. The molecule has 0 saturated heterocycles. The summed E-state index contributed by atoms with van der Waals surface area (Å²) in [5, 5.41) is 9.81. The first kappa shape index (κ1) is 18.4. The Morgan fingerprint density at radius 3 is 2.41 bits per heavy atom. The summed E-state index contributed by atoms with van der Waals surface area (Å²) in [7, 11) is -3.69. The van der Waals surface area contributed by atoms with Crippen LogP contribution in [0.15, 0.2) is 11.2 Å². The number of anilines is 2. The van der Waals surface area contributed by atoms with E-state index in [1.165, 1.54) is 35.1 Å². The average Bonchev–Trinajstić information content (AvgIpc) is 3.34. The van der Waals surface area contributed by atoms with Crippen LogP contribution in [0.4, 0.5) is 11.6 Å². The molecule has 0 saturated carbocycles. The zero-order valence-corrected chi connectivity index (χ0v) is 16.7. The lowest BCUT2D eigenvalue weighted by molar-refractivity contribution is 0.546. The van der Waals surface area contributed by atoms with E-state index in [4.69, 9.17) is 0 Å². The normalized spacial score (nSPS) is 16.0. The predicted molar refractivity (Wildman–Crippen MR) is 105 cm³/mol. The van der Waals surface area contributed by atoms with Crippen LogP contribution in [0.2, 0.25) is 0 Å². The van der Waals surface area contributed by atoms with Crippen LogP contribution in [0, 0.1) is 5.92 Å². The predicted octanol–water partition coefficient (Wildman–Crippen LogP) is 2.85. The van der Waals surface area contributed by atoms with Gasteiger partial charge in [-0.05, 0) is 73.1 Å². The molecule has 2 aliphatic rings. The van der Waals surface area contributed by atoms with Gasteiger partial charge in [-0.3, -0.25) is 0 Å². The van der Waals surface area contributed by atoms with Crippen molar-refractivity contribution in [2.24, 2.45) is 5.92 Å². The molecule has 1 aromatic heterocycles. The first-order valence-corrected chi connectivity index (χ1v) is 11.3. The Kier molecular flexibility index (Phi) is 4.94. The van der Waals surface area contributed by atoms with Gasteiger partial charge in [0.15, 0.2) is 0 Å². The van der Waals surface area contributed by atoms with Crippen molar-refractivity contribution in [2.75, 3.05) is 11.9 Å². The Morgan fingerprint density at radius 1 is 1.11 bits per heavy atom. The number of aromatic amines is 1. The van der Waals surface area contributed by atoms with Crippen LogP contribution in [-0.2, 0) is 35.7 Å². The third kappa shape index (κ3) is 3.73. The Hall–Kier alpha value is -1.93. The van der Waals surface area contributed by atoms with Crippen LogP contribution in [0.3, 0.4) is 0 Å². The second-order valence-corrected chi connectivity index (χ2v) is 9.57. The van der Waals surface area contributed by atoms with E-state index >= 15 is 0 Å². The van der Waals surface area contributed by atoms with Gasteiger partial charge in [0.05, 0.1) is 0 Å². The standard InChI is InChI=1S/C19H27N5O2S/c1-12(2)9-10-20-27(25,26)19-22-18(23-24-19)21-17-15-7-3-5-13(15)11-14-6-4-8-16(14)17/h11-12,20H,3-10H2,1-2H3,(H2,21,22,23,24). The molecule has 8 heteroatoms. The van der Waals surface area contributed by atoms with Crippen molar-refractivity contribution < 1.29 is 8.42 Å². The number of hydrogen-bond donors (Lipinski definition) is 3. The van der Waals surface area contributed by atoms with Crippen molar-refractivity contribution in [1.29, 1.82) is 0 Å². The smallest absolute Gasteiger partial charge is 0.283 e. The largest absolute Gasteiger partial charge is 0.324 e. The highest BCUT2D eigenvalue weighted by Gasteiger charge is 2.25. The molecule has 146 valence electrons. The number of H-pyrrole nitrogens is 1. The maximum atomic E-state index is 12.4. The molecule has 0 radical (unpaired) electrons. The third-order valence-corrected chi connectivity index (χ3v) is 6.68. The molecule has 2 aliphatic carbocycles. The number of aryl methyl sites for hydroxylation is 2. The summed E-state index contributed by atoms with van der Waals surface area (Å²) >= 11 is 0. The Balaban J connectivity index is 1.56. The number of benzene rings is 1. The van der Waals surface area contributed by atoms with Gasteiger partial charge in [-0.25, -0.2) is 18.2 Å². The molecule has 1 aromatic carbocycles. The molecule has 0 spiro atoms. The monoisotopic (exact) mass is 389 g/mol. The molecule has 0 atom stereocenters. The lowest BCUT2D eigenvalue weighted by Crippen LogP contribution is -2.26. The van der Waals surface area contributed by atoms with Gasteiger partial charge in [-0.2, -0.15) is 4.98 Å². The molecule has 0 bridgehead atoms. The first-order valence-electron chi connectivity index (χ1n) is 9.79. The summed E-state index contributed by atoms with van der Waals surface area (Å²) in [6.07, 6.45) is 7.46. The highest BCUT2D eigenvalue weighted by Crippen LogP contribution is 2.39. The third-order valence-electron chi connectivity index (χ3n) is 5.44. The number of aromatic nitrogens is 3. The fourth-order valence-corrected chi connectivity index (χ4v) is 4.95. The molecule has 0 fully saturated rings.